The van der Waals surface area contributed by atoms with Gasteiger partial charge in [0.15, 0.2) is 0 Å². The maximum Gasteiger partial charge on any atom is 0.269 e. The number of benzene rings is 1. The van der Waals surface area contributed by atoms with Gasteiger partial charge >= 0.3 is 0 Å². The van der Waals surface area contributed by atoms with Gasteiger partial charge in [-0.15, -0.1) is 0 Å². The van der Waals surface area contributed by atoms with E-state index in [1.54, 1.807) is 4.90 Å². The van der Waals surface area contributed by atoms with Crippen LogP contribution in [0.15, 0.2) is 24.3 Å². The fraction of sp³-hybridized carbons (Fsp3) is 0.652. The molecule has 0 bridgehead atoms. The Morgan fingerprint density at radius 2 is 1.45 bits per heavy atom. The monoisotopic (exact) mass is 428 g/mol. The van der Waals surface area contributed by atoms with Gasteiger partial charge in [0.1, 0.15) is 0 Å². The number of nitro groups is 1. The average Bonchev–Trinajstić information content (AvgIpc) is 3.34. The van der Waals surface area contributed by atoms with Crippen LogP contribution in [0.5, 0.6) is 0 Å². The second-order valence-corrected chi connectivity index (χ2v) is 9.01. The zero-order valence-electron chi connectivity index (χ0n) is 18.1. The van der Waals surface area contributed by atoms with Crippen molar-refractivity contribution in [3.63, 3.8) is 0 Å². The summed E-state index contributed by atoms with van der Waals surface area (Å²) in [6.07, 6.45) is 8.04. The van der Waals surface area contributed by atoms with Crippen LogP contribution in [0.1, 0.15) is 55.3 Å². The Bertz CT molecular complexity index is 792. The number of carbonyl (C=O) groups is 2. The number of amides is 2. The SMILES string of the molecule is O=C(c1ccc([N+](=O)[O-])cc1)N1CCN([C@H](C(=O)N2CCCCC2)C2CCCC2)CC1. The van der Waals surface area contributed by atoms with Gasteiger partial charge in [0.25, 0.3) is 11.6 Å². The number of hydrogen-bond acceptors (Lipinski definition) is 5. The maximum atomic E-state index is 13.5. The molecule has 0 aromatic heterocycles. The van der Waals surface area contributed by atoms with E-state index in [4.69, 9.17) is 0 Å². The lowest BCUT2D eigenvalue weighted by molar-refractivity contribution is -0.384. The van der Waals surface area contributed by atoms with Gasteiger partial charge in [-0.25, -0.2) is 0 Å². The first kappa shape index (κ1) is 21.7. The Morgan fingerprint density at radius 3 is 2.03 bits per heavy atom. The molecule has 2 aliphatic heterocycles. The van der Waals surface area contributed by atoms with Gasteiger partial charge in [-0.3, -0.25) is 24.6 Å². The molecule has 1 saturated carbocycles. The van der Waals surface area contributed by atoms with E-state index < -0.39 is 4.92 Å². The molecule has 1 aromatic carbocycles. The summed E-state index contributed by atoms with van der Waals surface area (Å²) in [6, 6.07) is 5.73. The summed E-state index contributed by atoms with van der Waals surface area (Å²) < 4.78 is 0. The van der Waals surface area contributed by atoms with Crippen molar-refractivity contribution in [1.82, 2.24) is 14.7 Å². The van der Waals surface area contributed by atoms with Gasteiger partial charge in [-0.1, -0.05) is 12.8 Å². The van der Waals surface area contributed by atoms with Gasteiger partial charge in [0.05, 0.1) is 11.0 Å². The Labute approximate surface area is 183 Å². The van der Waals surface area contributed by atoms with Crippen LogP contribution in [-0.2, 0) is 4.79 Å². The summed E-state index contributed by atoms with van der Waals surface area (Å²) in [5.74, 6) is 0.613. The molecule has 2 heterocycles. The van der Waals surface area contributed by atoms with Crippen LogP contribution < -0.4 is 0 Å². The zero-order valence-corrected chi connectivity index (χ0v) is 18.1. The number of nitrogens with zero attached hydrogens (tertiary/aromatic N) is 4. The minimum atomic E-state index is -0.463. The van der Waals surface area contributed by atoms with Crippen molar-refractivity contribution in [3.8, 4) is 0 Å². The lowest BCUT2D eigenvalue weighted by Crippen LogP contribution is -2.59. The van der Waals surface area contributed by atoms with E-state index in [0.717, 1.165) is 38.8 Å². The van der Waals surface area contributed by atoms with Gasteiger partial charge < -0.3 is 9.80 Å². The first-order valence-corrected chi connectivity index (χ1v) is 11.6. The molecular weight excluding hydrogens is 396 g/mol. The highest BCUT2D eigenvalue weighted by molar-refractivity contribution is 5.94. The van der Waals surface area contributed by atoms with Gasteiger partial charge in [-0.05, 0) is 50.2 Å². The lowest BCUT2D eigenvalue weighted by Gasteiger charge is -2.43. The number of piperazine rings is 1. The molecule has 1 atom stereocenters. The summed E-state index contributed by atoms with van der Waals surface area (Å²) in [6.45, 7) is 4.29. The third-order valence-corrected chi connectivity index (χ3v) is 7.09. The quantitative estimate of drug-likeness (QED) is 0.532. The van der Waals surface area contributed by atoms with Crippen LogP contribution in [0.3, 0.4) is 0 Å². The molecular formula is C23H32N4O4. The molecule has 8 nitrogen and oxygen atoms in total. The number of non-ortho nitro benzene ring substituents is 1. The largest absolute Gasteiger partial charge is 0.341 e. The molecule has 3 aliphatic rings. The van der Waals surface area contributed by atoms with Crippen molar-refractivity contribution < 1.29 is 14.5 Å². The van der Waals surface area contributed by atoms with Crippen LogP contribution in [0.25, 0.3) is 0 Å². The number of carbonyl (C=O) groups excluding carboxylic acids is 2. The minimum absolute atomic E-state index is 0.0167. The van der Waals surface area contributed by atoms with Crippen molar-refractivity contribution in [3.05, 3.63) is 39.9 Å². The van der Waals surface area contributed by atoms with E-state index >= 15 is 0 Å². The standard InChI is InChI=1S/C23H32N4O4/c28-22(19-8-10-20(11-9-19)27(30)31)26-16-14-24(15-17-26)21(18-6-2-3-7-18)23(29)25-12-4-1-5-13-25/h8-11,18,21H,1-7,12-17H2/t21-/m0/s1. The number of nitro benzene ring substituents is 1. The fourth-order valence-electron chi connectivity index (χ4n) is 5.34. The molecule has 3 fully saturated rings. The van der Waals surface area contributed by atoms with Crippen LogP contribution in [0.2, 0.25) is 0 Å². The van der Waals surface area contributed by atoms with E-state index in [9.17, 15) is 19.7 Å². The highest BCUT2D eigenvalue weighted by Crippen LogP contribution is 2.32. The normalized spacial score (nSPS) is 21.8. The second-order valence-electron chi connectivity index (χ2n) is 9.01. The maximum absolute atomic E-state index is 13.5. The van der Waals surface area contributed by atoms with E-state index in [0.29, 0.717) is 43.6 Å². The fourth-order valence-corrected chi connectivity index (χ4v) is 5.34. The third-order valence-electron chi connectivity index (χ3n) is 7.09. The van der Waals surface area contributed by atoms with Crippen molar-refractivity contribution in [2.24, 2.45) is 5.92 Å². The predicted molar refractivity (Wildman–Crippen MR) is 117 cm³/mol. The Kier molecular flexibility index (Phi) is 6.85. The van der Waals surface area contributed by atoms with Gasteiger partial charge in [0, 0.05) is 57.0 Å². The van der Waals surface area contributed by atoms with Gasteiger partial charge in [0.2, 0.25) is 5.91 Å². The summed E-state index contributed by atoms with van der Waals surface area (Å²) in [5, 5.41) is 10.8. The number of piperidine rings is 1. The number of likely N-dealkylation sites (tertiary alicyclic amines) is 1. The second kappa shape index (κ2) is 9.77. The number of rotatable bonds is 5. The summed E-state index contributed by atoms with van der Waals surface area (Å²) in [5.41, 5.74) is 0.452. The van der Waals surface area contributed by atoms with Gasteiger partial charge in [-0.2, -0.15) is 0 Å². The third kappa shape index (κ3) is 4.89. The molecule has 0 N–H and O–H groups in total. The first-order valence-electron chi connectivity index (χ1n) is 11.6. The molecule has 31 heavy (non-hydrogen) atoms. The predicted octanol–water partition coefficient (Wildman–Crippen LogP) is 2.92. The highest BCUT2D eigenvalue weighted by Gasteiger charge is 2.39. The first-order chi connectivity index (χ1) is 15.0. The molecule has 2 amide bonds. The summed E-state index contributed by atoms with van der Waals surface area (Å²) in [7, 11) is 0. The van der Waals surface area contributed by atoms with E-state index in [-0.39, 0.29) is 17.6 Å². The van der Waals surface area contributed by atoms with Crippen molar-refractivity contribution in [1.29, 1.82) is 0 Å². The smallest absolute Gasteiger partial charge is 0.269 e. The topological polar surface area (TPSA) is 87.0 Å². The molecule has 1 aromatic rings. The summed E-state index contributed by atoms with van der Waals surface area (Å²) >= 11 is 0. The van der Waals surface area contributed by atoms with Crippen molar-refractivity contribution in [2.75, 3.05) is 39.3 Å². The molecule has 2 saturated heterocycles. The zero-order chi connectivity index (χ0) is 21.8. The molecule has 0 radical (unpaired) electrons. The molecule has 8 heteroatoms. The van der Waals surface area contributed by atoms with Crippen LogP contribution in [0.4, 0.5) is 5.69 Å². The molecule has 4 rings (SSSR count). The summed E-state index contributed by atoms with van der Waals surface area (Å²) in [4.78, 5) is 42.9. The number of hydrogen-bond donors (Lipinski definition) is 0. The minimum Gasteiger partial charge on any atom is -0.341 e. The van der Waals surface area contributed by atoms with E-state index in [2.05, 4.69) is 9.80 Å². The van der Waals surface area contributed by atoms with Crippen molar-refractivity contribution >= 4 is 17.5 Å². The Balaban J connectivity index is 1.40. The Hall–Kier alpha value is -2.48. The molecule has 1 aliphatic carbocycles. The average molecular weight is 429 g/mol. The van der Waals surface area contributed by atoms with Crippen LogP contribution >= 0.6 is 0 Å². The highest BCUT2D eigenvalue weighted by atomic mass is 16.6. The molecule has 0 spiro atoms. The van der Waals surface area contributed by atoms with Crippen molar-refractivity contribution in [2.45, 2.75) is 51.0 Å². The molecule has 168 valence electrons. The lowest BCUT2D eigenvalue weighted by atomic mass is 9.93. The molecule has 0 unspecified atom stereocenters. The van der Waals surface area contributed by atoms with E-state index in [1.807, 2.05) is 0 Å². The van der Waals surface area contributed by atoms with Crippen LogP contribution in [0, 0.1) is 16.0 Å². The Morgan fingerprint density at radius 1 is 0.839 bits per heavy atom. The van der Waals surface area contributed by atoms with Crippen LogP contribution in [-0.4, -0.2) is 76.7 Å². The van der Waals surface area contributed by atoms with E-state index in [1.165, 1.54) is 43.5 Å².